The molecule has 1 aliphatic heterocycles. The molecule has 30 heavy (non-hydrogen) atoms. The molecule has 0 amide bonds. The number of nitrogens with two attached hydrogens (primary N) is 2. The summed E-state index contributed by atoms with van der Waals surface area (Å²) in [5.74, 6) is 0.308. The second-order valence-corrected chi connectivity index (χ2v) is 7.34. The summed E-state index contributed by atoms with van der Waals surface area (Å²) in [6, 6.07) is 11.1. The summed E-state index contributed by atoms with van der Waals surface area (Å²) in [6.45, 7) is 4.92. The van der Waals surface area contributed by atoms with Crippen molar-refractivity contribution in [2.45, 2.75) is 13.5 Å². The number of halogens is 1. The van der Waals surface area contributed by atoms with Crippen molar-refractivity contribution in [1.29, 1.82) is 0 Å². The van der Waals surface area contributed by atoms with E-state index in [1.807, 2.05) is 37.3 Å². The van der Waals surface area contributed by atoms with E-state index in [1.54, 1.807) is 11.8 Å². The van der Waals surface area contributed by atoms with Gasteiger partial charge < -0.3 is 25.8 Å². The molecule has 0 spiro atoms. The smallest absolute Gasteiger partial charge is 0.148 e. The number of morpholine rings is 1. The monoisotopic (exact) mass is 411 g/mol. The van der Waals surface area contributed by atoms with Crippen LogP contribution in [-0.4, -0.2) is 43.2 Å². The maximum Gasteiger partial charge on any atom is 0.148 e. The largest absolute Gasteiger partial charge is 0.497 e. The maximum absolute atomic E-state index is 14.8. The number of aromatic nitrogens is 2. The van der Waals surface area contributed by atoms with E-state index in [4.69, 9.17) is 20.9 Å². The minimum Gasteiger partial charge on any atom is -0.497 e. The molecule has 2 heterocycles. The molecule has 0 bridgehead atoms. The van der Waals surface area contributed by atoms with E-state index in [0.717, 1.165) is 17.0 Å². The number of aryl methyl sites for hydroxylation is 1. The molecule has 2 aromatic carbocycles. The van der Waals surface area contributed by atoms with Crippen molar-refractivity contribution in [2.75, 3.05) is 49.8 Å². The van der Waals surface area contributed by atoms with Gasteiger partial charge in [0.2, 0.25) is 0 Å². The summed E-state index contributed by atoms with van der Waals surface area (Å²) < 4.78 is 27.2. The van der Waals surface area contributed by atoms with Crippen LogP contribution in [0.5, 0.6) is 5.75 Å². The van der Waals surface area contributed by atoms with Crippen LogP contribution in [0.15, 0.2) is 36.4 Å². The zero-order chi connectivity index (χ0) is 21.3. The van der Waals surface area contributed by atoms with Crippen molar-refractivity contribution >= 4 is 17.1 Å². The summed E-state index contributed by atoms with van der Waals surface area (Å²) in [5.41, 5.74) is 16.7. The highest BCUT2D eigenvalue weighted by atomic mass is 19.1. The van der Waals surface area contributed by atoms with E-state index in [2.05, 4.69) is 10.00 Å². The van der Waals surface area contributed by atoms with Gasteiger partial charge in [0.25, 0.3) is 0 Å². The van der Waals surface area contributed by atoms with Gasteiger partial charge in [0.15, 0.2) is 0 Å². The average Bonchev–Trinajstić information content (AvgIpc) is 3.04. The Bertz CT molecular complexity index is 1040. The van der Waals surface area contributed by atoms with Crippen molar-refractivity contribution < 1.29 is 13.9 Å². The van der Waals surface area contributed by atoms with Crippen LogP contribution in [0.3, 0.4) is 0 Å². The van der Waals surface area contributed by atoms with Gasteiger partial charge in [0, 0.05) is 24.3 Å². The molecule has 7 nitrogen and oxygen atoms in total. The molecular formula is C22H26FN5O2. The fourth-order valence-electron chi connectivity index (χ4n) is 3.70. The van der Waals surface area contributed by atoms with E-state index in [1.165, 1.54) is 6.07 Å². The Labute approximate surface area is 175 Å². The Morgan fingerprint density at radius 3 is 2.47 bits per heavy atom. The summed E-state index contributed by atoms with van der Waals surface area (Å²) in [6.07, 6.45) is 0. The summed E-state index contributed by atoms with van der Waals surface area (Å²) in [5, 5.41) is 4.59. The van der Waals surface area contributed by atoms with Crippen LogP contribution in [0.4, 0.5) is 21.5 Å². The van der Waals surface area contributed by atoms with Crippen LogP contribution in [0.2, 0.25) is 0 Å². The van der Waals surface area contributed by atoms with Gasteiger partial charge in [-0.1, -0.05) is 12.1 Å². The van der Waals surface area contributed by atoms with Crippen molar-refractivity contribution in [3.05, 3.63) is 53.5 Å². The van der Waals surface area contributed by atoms with Crippen molar-refractivity contribution in [2.24, 2.45) is 0 Å². The molecule has 158 valence electrons. The third kappa shape index (κ3) is 3.78. The topological polar surface area (TPSA) is 91.6 Å². The van der Waals surface area contributed by atoms with Crippen LogP contribution in [-0.2, 0) is 11.3 Å². The fourth-order valence-corrected chi connectivity index (χ4v) is 3.70. The Kier molecular flexibility index (Phi) is 5.50. The second kappa shape index (κ2) is 8.23. The van der Waals surface area contributed by atoms with Crippen molar-refractivity contribution in [3.8, 4) is 17.0 Å². The van der Waals surface area contributed by atoms with Crippen LogP contribution in [0.25, 0.3) is 11.3 Å². The van der Waals surface area contributed by atoms with E-state index >= 15 is 0 Å². The zero-order valence-electron chi connectivity index (χ0n) is 17.2. The molecule has 8 heteroatoms. The van der Waals surface area contributed by atoms with Gasteiger partial charge in [0.05, 0.1) is 49.6 Å². The van der Waals surface area contributed by atoms with Crippen LogP contribution < -0.4 is 21.1 Å². The van der Waals surface area contributed by atoms with Gasteiger partial charge >= 0.3 is 0 Å². The lowest BCUT2D eigenvalue weighted by Crippen LogP contribution is -2.36. The number of ether oxygens (including phenoxy) is 2. The van der Waals surface area contributed by atoms with Crippen molar-refractivity contribution in [3.63, 3.8) is 0 Å². The SMILES string of the molecule is COc1ccc(Cn2nc(C)c(N)c2-c2cc(N3CCOCC3)cc(F)c2N)cc1. The van der Waals surface area contributed by atoms with Gasteiger partial charge in [-0.25, -0.2) is 4.39 Å². The first kappa shape index (κ1) is 20.0. The molecule has 0 unspecified atom stereocenters. The Morgan fingerprint density at radius 2 is 1.80 bits per heavy atom. The number of methoxy groups -OCH3 is 1. The minimum atomic E-state index is -0.469. The fraction of sp³-hybridized carbons (Fsp3) is 0.318. The minimum absolute atomic E-state index is 0.0644. The second-order valence-electron chi connectivity index (χ2n) is 7.34. The summed E-state index contributed by atoms with van der Waals surface area (Å²) in [4.78, 5) is 2.09. The highest BCUT2D eigenvalue weighted by molar-refractivity contribution is 5.85. The standard InChI is InChI=1S/C22H26FN5O2/c1-14-20(24)22(28(26-14)13-15-3-5-17(29-2)6-4-15)18-11-16(12-19(23)21(18)25)27-7-9-30-10-8-27/h3-6,11-12H,7-10,13,24-25H2,1-2H3. The molecule has 1 saturated heterocycles. The maximum atomic E-state index is 14.8. The molecular weight excluding hydrogens is 385 g/mol. The predicted octanol–water partition coefficient (Wildman–Crippen LogP) is 3.06. The molecule has 1 aliphatic rings. The molecule has 0 radical (unpaired) electrons. The highest BCUT2D eigenvalue weighted by Gasteiger charge is 2.22. The number of hydrogen-bond acceptors (Lipinski definition) is 6. The normalized spacial score (nSPS) is 14.2. The number of hydrogen-bond donors (Lipinski definition) is 2. The van der Waals surface area contributed by atoms with E-state index in [0.29, 0.717) is 55.5 Å². The number of anilines is 3. The third-order valence-corrected chi connectivity index (χ3v) is 5.41. The lowest BCUT2D eigenvalue weighted by Gasteiger charge is -2.29. The first-order valence-corrected chi connectivity index (χ1v) is 9.86. The first-order chi connectivity index (χ1) is 14.5. The van der Waals surface area contributed by atoms with Crippen LogP contribution in [0.1, 0.15) is 11.3 Å². The van der Waals surface area contributed by atoms with Gasteiger partial charge in [-0.05, 0) is 36.8 Å². The molecule has 3 aromatic rings. The van der Waals surface area contributed by atoms with Crippen molar-refractivity contribution in [1.82, 2.24) is 9.78 Å². The Hall–Kier alpha value is -3.26. The molecule has 4 N–H and O–H groups in total. The number of rotatable bonds is 5. The molecule has 1 aromatic heterocycles. The average molecular weight is 411 g/mol. The Balaban J connectivity index is 1.76. The summed E-state index contributed by atoms with van der Waals surface area (Å²) >= 11 is 0. The first-order valence-electron chi connectivity index (χ1n) is 9.86. The lowest BCUT2D eigenvalue weighted by atomic mass is 10.0. The van der Waals surface area contributed by atoms with Gasteiger partial charge in [-0.2, -0.15) is 5.10 Å². The zero-order valence-corrected chi connectivity index (χ0v) is 17.2. The molecule has 4 rings (SSSR count). The predicted molar refractivity (Wildman–Crippen MR) is 116 cm³/mol. The molecule has 0 atom stereocenters. The Morgan fingerprint density at radius 1 is 1.10 bits per heavy atom. The number of nitrogen functional groups attached to an aromatic ring is 2. The number of nitrogens with zero attached hydrogens (tertiary/aromatic N) is 3. The summed E-state index contributed by atoms with van der Waals surface area (Å²) in [7, 11) is 1.63. The van der Waals surface area contributed by atoms with Crippen LogP contribution in [0, 0.1) is 12.7 Å². The van der Waals surface area contributed by atoms with Crippen LogP contribution >= 0.6 is 0 Å². The van der Waals surface area contributed by atoms with Gasteiger partial charge in [-0.3, -0.25) is 4.68 Å². The number of benzene rings is 2. The lowest BCUT2D eigenvalue weighted by molar-refractivity contribution is 0.122. The van der Waals surface area contributed by atoms with Gasteiger partial charge in [-0.15, -0.1) is 0 Å². The van der Waals surface area contributed by atoms with E-state index in [9.17, 15) is 4.39 Å². The van der Waals surface area contributed by atoms with E-state index < -0.39 is 5.82 Å². The van der Waals surface area contributed by atoms with E-state index in [-0.39, 0.29) is 5.69 Å². The highest BCUT2D eigenvalue weighted by Crippen LogP contribution is 2.37. The third-order valence-electron chi connectivity index (χ3n) is 5.41. The molecule has 1 fully saturated rings. The molecule has 0 aliphatic carbocycles. The molecule has 0 saturated carbocycles. The quantitative estimate of drug-likeness (QED) is 0.627. The van der Waals surface area contributed by atoms with Gasteiger partial charge in [0.1, 0.15) is 11.6 Å².